The van der Waals surface area contributed by atoms with E-state index < -0.39 is 17.8 Å². The summed E-state index contributed by atoms with van der Waals surface area (Å²) in [4.78, 5) is 41.2. The molecule has 2 fully saturated rings. The molecule has 0 radical (unpaired) electrons. The van der Waals surface area contributed by atoms with E-state index in [0.717, 1.165) is 56.7 Å². The Morgan fingerprint density at radius 3 is 2.42 bits per heavy atom. The number of likely N-dealkylation sites (tertiary alicyclic amines) is 1. The van der Waals surface area contributed by atoms with Crippen LogP contribution in [0.25, 0.3) is 0 Å². The Labute approximate surface area is 180 Å². The average molecular weight is 424 g/mol. The average Bonchev–Trinajstić information content (AvgIpc) is 3.34. The summed E-state index contributed by atoms with van der Waals surface area (Å²) in [5, 5.41) is 0. The maximum atomic E-state index is 12.9. The topological polar surface area (TPSA) is 80.6 Å². The lowest BCUT2D eigenvalue weighted by atomic mass is 10.0. The van der Waals surface area contributed by atoms with Gasteiger partial charge < -0.3 is 14.4 Å². The molecule has 8 heteroatoms. The summed E-state index contributed by atoms with van der Waals surface area (Å²) < 4.78 is 10.9. The molecule has 1 N–H and O–H groups in total. The van der Waals surface area contributed by atoms with E-state index in [-0.39, 0.29) is 19.3 Å². The van der Waals surface area contributed by atoms with Crippen molar-refractivity contribution in [2.24, 2.45) is 0 Å². The Morgan fingerprint density at radius 2 is 1.71 bits per heavy atom. The lowest BCUT2D eigenvalue weighted by Gasteiger charge is -2.26. The van der Waals surface area contributed by atoms with Crippen LogP contribution in [0.15, 0.2) is 48.5 Å². The minimum Gasteiger partial charge on any atom is -0.497 e. The zero-order valence-corrected chi connectivity index (χ0v) is 17.7. The second-order valence-corrected chi connectivity index (χ2v) is 7.76. The summed E-state index contributed by atoms with van der Waals surface area (Å²) in [5.74, 6) is -0.0784. The molecule has 2 atom stereocenters. The number of carbonyl (C=O) groups excluding carboxylic acids is 3. The van der Waals surface area contributed by atoms with Crippen LogP contribution in [0.5, 0.6) is 11.5 Å². The van der Waals surface area contributed by atoms with Crippen LogP contribution in [0.3, 0.4) is 0 Å². The predicted molar refractivity (Wildman–Crippen MR) is 111 cm³/mol. The molecule has 2 aromatic rings. The number of amides is 4. The molecule has 0 bridgehead atoms. The van der Waals surface area contributed by atoms with Crippen LogP contribution in [0.1, 0.15) is 30.0 Å². The Bertz CT molecular complexity index is 994. The number of carbonyl (C=O) groups is 3. The number of urea groups is 1. The van der Waals surface area contributed by atoms with E-state index in [4.69, 9.17) is 9.47 Å². The van der Waals surface area contributed by atoms with E-state index >= 15 is 0 Å². The summed E-state index contributed by atoms with van der Waals surface area (Å²) in [7, 11) is 3.23. The summed E-state index contributed by atoms with van der Waals surface area (Å²) in [6.45, 7) is 1.01. The van der Waals surface area contributed by atoms with E-state index in [0.29, 0.717) is 0 Å². The van der Waals surface area contributed by atoms with Gasteiger partial charge >= 0.3 is 17.8 Å². The van der Waals surface area contributed by atoms with Crippen LogP contribution in [0.4, 0.5) is 4.79 Å². The van der Waals surface area contributed by atoms with Crippen LogP contribution in [0.2, 0.25) is 0 Å². The molecule has 0 aliphatic carbocycles. The van der Waals surface area contributed by atoms with Crippen molar-refractivity contribution in [2.45, 2.75) is 25.4 Å². The molecule has 0 spiro atoms. The maximum Gasteiger partial charge on any atom is 0.339 e. The molecule has 0 saturated carbocycles. The SMILES string of the molecule is COc1ccc(OC)c([C@H]2CCC[NH+]2CN2C(=O)C(=O)N(Cc3ccccc3)C2=O)c1. The molecule has 162 valence electrons. The van der Waals surface area contributed by atoms with Crippen molar-refractivity contribution in [3.63, 3.8) is 0 Å². The van der Waals surface area contributed by atoms with E-state index in [1.807, 2.05) is 48.5 Å². The van der Waals surface area contributed by atoms with E-state index in [2.05, 4.69) is 0 Å². The second kappa shape index (κ2) is 8.77. The fourth-order valence-corrected chi connectivity index (χ4v) is 4.39. The fraction of sp³-hybridized carbons (Fsp3) is 0.348. The highest BCUT2D eigenvalue weighted by Crippen LogP contribution is 2.32. The number of quaternary nitrogens is 1. The van der Waals surface area contributed by atoms with Crippen molar-refractivity contribution in [3.8, 4) is 11.5 Å². The first-order valence-electron chi connectivity index (χ1n) is 10.3. The molecule has 2 saturated heterocycles. The quantitative estimate of drug-likeness (QED) is 0.537. The normalized spacial score (nSPS) is 21.2. The van der Waals surface area contributed by atoms with E-state index in [9.17, 15) is 14.4 Å². The van der Waals surface area contributed by atoms with Gasteiger partial charge in [0.25, 0.3) is 0 Å². The van der Waals surface area contributed by atoms with Gasteiger partial charge in [0.05, 0.1) is 32.9 Å². The number of imide groups is 2. The third kappa shape index (κ3) is 3.98. The van der Waals surface area contributed by atoms with Gasteiger partial charge in [-0.1, -0.05) is 30.3 Å². The number of ether oxygens (including phenoxy) is 2. The van der Waals surface area contributed by atoms with E-state index in [1.54, 1.807) is 14.2 Å². The van der Waals surface area contributed by atoms with Gasteiger partial charge in [-0.05, 0) is 23.8 Å². The van der Waals surface area contributed by atoms with Gasteiger partial charge in [-0.15, -0.1) is 0 Å². The first-order valence-corrected chi connectivity index (χ1v) is 10.3. The third-order valence-electron chi connectivity index (χ3n) is 5.98. The number of hydrogen-bond acceptors (Lipinski definition) is 5. The summed E-state index contributed by atoms with van der Waals surface area (Å²) in [6, 6.07) is 14.3. The highest BCUT2D eigenvalue weighted by molar-refractivity contribution is 6.44. The zero-order chi connectivity index (χ0) is 22.0. The first kappa shape index (κ1) is 20.9. The van der Waals surface area contributed by atoms with Crippen molar-refractivity contribution in [1.29, 1.82) is 0 Å². The fourth-order valence-electron chi connectivity index (χ4n) is 4.39. The molecule has 0 aromatic heterocycles. The largest absolute Gasteiger partial charge is 0.497 e. The highest BCUT2D eigenvalue weighted by atomic mass is 16.5. The van der Waals surface area contributed by atoms with Crippen LogP contribution in [-0.2, 0) is 16.1 Å². The molecule has 2 aliphatic heterocycles. The van der Waals surface area contributed by atoms with Gasteiger partial charge in [-0.3, -0.25) is 14.5 Å². The minimum atomic E-state index is -0.775. The van der Waals surface area contributed by atoms with Crippen LogP contribution < -0.4 is 14.4 Å². The molecular weight excluding hydrogens is 398 g/mol. The van der Waals surface area contributed by atoms with E-state index in [1.165, 1.54) is 0 Å². The van der Waals surface area contributed by atoms with Gasteiger partial charge in [0.2, 0.25) is 0 Å². The standard InChI is InChI=1S/C23H25N3O5/c1-30-17-10-11-20(31-2)18(13-17)19-9-6-12-24(19)15-26-22(28)21(27)25(23(26)29)14-16-7-4-3-5-8-16/h3-5,7-8,10-11,13,19H,6,9,12,14-15H2,1-2H3/p+1/t19-/m1/s1. The molecule has 8 nitrogen and oxygen atoms in total. The summed E-state index contributed by atoms with van der Waals surface area (Å²) in [5.41, 5.74) is 1.77. The van der Waals surface area contributed by atoms with Crippen molar-refractivity contribution in [2.75, 3.05) is 27.4 Å². The van der Waals surface area contributed by atoms with Gasteiger partial charge in [0.1, 0.15) is 17.5 Å². The summed E-state index contributed by atoms with van der Waals surface area (Å²) in [6.07, 6.45) is 1.83. The molecule has 2 heterocycles. The van der Waals surface area contributed by atoms with Crippen molar-refractivity contribution in [3.05, 3.63) is 59.7 Å². The van der Waals surface area contributed by atoms with Crippen molar-refractivity contribution in [1.82, 2.24) is 9.80 Å². The molecule has 4 rings (SSSR count). The monoisotopic (exact) mass is 424 g/mol. The van der Waals surface area contributed by atoms with Crippen molar-refractivity contribution >= 4 is 17.8 Å². The van der Waals surface area contributed by atoms with Gasteiger partial charge in [0, 0.05) is 12.8 Å². The maximum absolute atomic E-state index is 12.9. The Kier molecular flexibility index (Phi) is 5.90. The lowest BCUT2D eigenvalue weighted by Crippen LogP contribution is -3.12. The summed E-state index contributed by atoms with van der Waals surface area (Å²) >= 11 is 0. The minimum absolute atomic E-state index is 0.0314. The second-order valence-electron chi connectivity index (χ2n) is 7.76. The number of methoxy groups -OCH3 is 2. The Morgan fingerprint density at radius 1 is 0.968 bits per heavy atom. The first-order chi connectivity index (χ1) is 15.0. The predicted octanol–water partition coefficient (Wildman–Crippen LogP) is 1.37. The number of nitrogens with one attached hydrogen (secondary N) is 1. The smallest absolute Gasteiger partial charge is 0.339 e. The Balaban J connectivity index is 1.54. The van der Waals surface area contributed by atoms with Crippen LogP contribution in [0, 0.1) is 0 Å². The van der Waals surface area contributed by atoms with Gasteiger partial charge in [0.15, 0.2) is 6.67 Å². The van der Waals surface area contributed by atoms with Crippen LogP contribution >= 0.6 is 0 Å². The number of nitrogens with zero attached hydrogens (tertiary/aromatic N) is 2. The lowest BCUT2D eigenvalue weighted by molar-refractivity contribution is -0.925. The highest BCUT2D eigenvalue weighted by Gasteiger charge is 2.47. The van der Waals surface area contributed by atoms with Crippen LogP contribution in [-0.4, -0.2) is 55.1 Å². The molecule has 31 heavy (non-hydrogen) atoms. The molecule has 2 aromatic carbocycles. The molecule has 2 aliphatic rings. The third-order valence-corrected chi connectivity index (χ3v) is 5.98. The zero-order valence-electron chi connectivity index (χ0n) is 17.7. The van der Waals surface area contributed by atoms with Crippen molar-refractivity contribution < 1.29 is 28.8 Å². The Hall–Kier alpha value is -3.39. The van der Waals surface area contributed by atoms with Gasteiger partial charge in [-0.25, -0.2) is 9.69 Å². The molecule has 4 amide bonds. The molecule has 1 unspecified atom stereocenters. The van der Waals surface area contributed by atoms with Gasteiger partial charge in [-0.2, -0.15) is 0 Å². The molecular formula is C23H26N3O5+. The number of rotatable bonds is 7. The number of hydrogen-bond donors (Lipinski definition) is 1. The number of benzene rings is 2.